The molecule has 1 aromatic heterocycles. The summed E-state index contributed by atoms with van der Waals surface area (Å²) in [5.41, 5.74) is 0. The molecular weight excluding hydrogens is 274 g/mol. The van der Waals surface area contributed by atoms with E-state index >= 15 is 0 Å². The van der Waals surface area contributed by atoms with E-state index < -0.39 is 10.1 Å². The van der Waals surface area contributed by atoms with Crippen molar-refractivity contribution < 1.29 is 18.0 Å². The number of unbranched alkanes of at least 4 members (excludes halogenated alkanes) is 4. The molecule has 116 valence electrons. The van der Waals surface area contributed by atoms with Crippen LogP contribution in [0.1, 0.15) is 52.4 Å². The van der Waals surface area contributed by atoms with Crippen LogP contribution in [0.5, 0.6) is 0 Å². The molecule has 0 radical (unpaired) electrons. The van der Waals surface area contributed by atoms with Gasteiger partial charge in [0.05, 0.1) is 10.1 Å². The Bertz CT molecular complexity index is 378. The van der Waals surface area contributed by atoms with Crippen LogP contribution in [-0.2, 0) is 10.1 Å². The first-order chi connectivity index (χ1) is 9.42. The van der Waals surface area contributed by atoms with Crippen LogP contribution in [-0.4, -0.2) is 18.7 Å². The maximum atomic E-state index is 10.3. The first kappa shape index (κ1) is 19.1. The number of pyridine rings is 1. The van der Waals surface area contributed by atoms with Gasteiger partial charge in [0.25, 0.3) is 0 Å². The standard InChI is InChI=1S/C10H22O3S.C5H5N/c1-10(2)8-6-4-3-5-7-9-14(11,12)13;1-2-4-6-5-3-1/h10H,3-9H2,1-2H3,(H,11,12,13);1-5H. The second-order valence-electron chi connectivity index (χ2n) is 5.29. The lowest BCUT2D eigenvalue weighted by atomic mass is 10.0. The first-order valence-electron chi connectivity index (χ1n) is 7.26. The van der Waals surface area contributed by atoms with Crippen molar-refractivity contribution in [2.75, 3.05) is 5.75 Å². The van der Waals surface area contributed by atoms with E-state index in [-0.39, 0.29) is 5.75 Å². The maximum absolute atomic E-state index is 10.3. The number of nitrogens with one attached hydrogen (secondary N) is 1. The molecule has 0 saturated carbocycles. The van der Waals surface area contributed by atoms with Crippen LogP contribution in [0.25, 0.3) is 0 Å². The molecule has 0 fully saturated rings. The smallest absolute Gasteiger partial charge is 0.166 e. The van der Waals surface area contributed by atoms with Crippen molar-refractivity contribution in [1.82, 2.24) is 0 Å². The molecule has 0 amide bonds. The van der Waals surface area contributed by atoms with E-state index in [1.54, 1.807) is 0 Å². The van der Waals surface area contributed by atoms with Gasteiger partial charge in [0.1, 0.15) is 0 Å². The van der Waals surface area contributed by atoms with E-state index in [1.165, 1.54) is 12.8 Å². The Balaban J connectivity index is 0.000000493. The highest BCUT2D eigenvalue weighted by atomic mass is 32.2. The summed E-state index contributed by atoms with van der Waals surface area (Å²) in [6, 6.07) is 5.86. The minimum absolute atomic E-state index is 0.197. The number of hydrogen-bond acceptors (Lipinski definition) is 3. The van der Waals surface area contributed by atoms with Gasteiger partial charge in [-0.2, -0.15) is 0 Å². The molecular formula is C15H27NO3S. The lowest BCUT2D eigenvalue weighted by Gasteiger charge is -2.06. The Hall–Kier alpha value is -0.940. The fourth-order valence-electron chi connectivity index (χ4n) is 1.70. The minimum Gasteiger partial charge on any atom is -0.748 e. The van der Waals surface area contributed by atoms with Crippen molar-refractivity contribution in [3.05, 3.63) is 30.6 Å². The zero-order valence-electron chi connectivity index (χ0n) is 12.5. The third-order valence-corrected chi connectivity index (χ3v) is 3.57. The van der Waals surface area contributed by atoms with Crippen molar-refractivity contribution in [2.24, 2.45) is 5.92 Å². The average molecular weight is 301 g/mol. The summed E-state index contributed by atoms with van der Waals surface area (Å²) >= 11 is 0. The number of aromatic nitrogens is 1. The molecule has 0 aromatic carbocycles. The molecule has 0 unspecified atom stereocenters. The highest BCUT2D eigenvalue weighted by molar-refractivity contribution is 7.85. The fraction of sp³-hybridized carbons (Fsp3) is 0.667. The van der Waals surface area contributed by atoms with Gasteiger partial charge in [0.2, 0.25) is 0 Å². The van der Waals surface area contributed by atoms with Crippen LogP contribution < -0.4 is 4.98 Å². The van der Waals surface area contributed by atoms with Crippen molar-refractivity contribution in [2.45, 2.75) is 52.4 Å². The highest BCUT2D eigenvalue weighted by Crippen LogP contribution is 2.10. The molecule has 0 aliphatic rings. The quantitative estimate of drug-likeness (QED) is 0.547. The van der Waals surface area contributed by atoms with Gasteiger partial charge >= 0.3 is 0 Å². The molecule has 0 atom stereocenters. The highest BCUT2D eigenvalue weighted by Gasteiger charge is 1.97. The van der Waals surface area contributed by atoms with Crippen molar-refractivity contribution in [1.29, 1.82) is 0 Å². The van der Waals surface area contributed by atoms with Crippen molar-refractivity contribution in [3.8, 4) is 0 Å². The van der Waals surface area contributed by atoms with Gasteiger partial charge in [0, 0.05) is 17.9 Å². The van der Waals surface area contributed by atoms with Gasteiger partial charge in [-0.15, -0.1) is 0 Å². The van der Waals surface area contributed by atoms with E-state index in [0.29, 0.717) is 6.42 Å². The summed E-state index contributed by atoms with van der Waals surface area (Å²) in [6.07, 6.45) is 9.77. The van der Waals surface area contributed by atoms with Crippen LogP contribution in [0.4, 0.5) is 0 Å². The predicted octanol–water partition coefficient (Wildman–Crippen LogP) is 3.03. The Morgan fingerprint density at radius 3 is 1.90 bits per heavy atom. The second-order valence-corrected chi connectivity index (χ2v) is 6.81. The molecule has 1 rings (SSSR count). The topological polar surface area (TPSA) is 71.3 Å². The van der Waals surface area contributed by atoms with E-state index in [1.807, 2.05) is 30.6 Å². The predicted molar refractivity (Wildman–Crippen MR) is 80.1 cm³/mol. The van der Waals surface area contributed by atoms with Crippen LogP contribution >= 0.6 is 0 Å². The molecule has 1 heterocycles. The van der Waals surface area contributed by atoms with Gasteiger partial charge in [-0.1, -0.05) is 52.0 Å². The molecule has 5 heteroatoms. The molecule has 0 saturated heterocycles. The van der Waals surface area contributed by atoms with Gasteiger partial charge < -0.3 is 4.55 Å². The van der Waals surface area contributed by atoms with Crippen LogP contribution in [0.15, 0.2) is 30.6 Å². The average Bonchev–Trinajstić information content (AvgIpc) is 2.39. The summed E-state index contributed by atoms with van der Waals surface area (Å²) in [5, 5.41) is 0. The number of aromatic amines is 1. The first-order valence-corrected chi connectivity index (χ1v) is 8.84. The molecule has 20 heavy (non-hydrogen) atoms. The van der Waals surface area contributed by atoms with Crippen LogP contribution in [0.3, 0.4) is 0 Å². The molecule has 0 aliphatic carbocycles. The summed E-state index contributed by atoms with van der Waals surface area (Å²) in [5.74, 6) is 0.550. The molecule has 0 bridgehead atoms. The monoisotopic (exact) mass is 301 g/mol. The summed E-state index contributed by atoms with van der Waals surface area (Å²) < 4.78 is 30.8. The van der Waals surface area contributed by atoms with Gasteiger partial charge in [-0.3, -0.25) is 0 Å². The largest absolute Gasteiger partial charge is 0.748 e. The molecule has 1 aromatic rings. The summed E-state index contributed by atoms with van der Waals surface area (Å²) in [7, 11) is -3.98. The van der Waals surface area contributed by atoms with Gasteiger partial charge in [-0.05, 0) is 12.3 Å². The Morgan fingerprint density at radius 1 is 0.950 bits per heavy atom. The second kappa shape index (κ2) is 11.9. The molecule has 1 N–H and O–H groups in total. The zero-order valence-corrected chi connectivity index (χ0v) is 13.4. The SMILES string of the molecule is CC(C)CCCCCCCS(=O)(=O)[O-].c1cc[nH+]cc1. The third kappa shape index (κ3) is 17.1. The normalized spacial score (nSPS) is 11.0. The lowest BCUT2D eigenvalue weighted by Crippen LogP contribution is -2.03. The molecule has 0 aliphatic heterocycles. The number of H-pyrrole nitrogens is 1. The van der Waals surface area contributed by atoms with Crippen LogP contribution in [0, 0.1) is 5.92 Å². The lowest BCUT2D eigenvalue weighted by molar-refractivity contribution is -0.377. The van der Waals surface area contributed by atoms with Crippen LogP contribution in [0.2, 0.25) is 0 Å². The Labute approximate surface area is 123 Å². The van der Waals surface area contributed by atoms with E-state index in [2.05, 4.69) is 18.8 Å². The third-order valence-electron chi connectivity index (χ3n) is 2.78. The zero-order chi connectivity index (χ0) is 15.3. The van der Waals surface area contributed by atoms with E-state index in [0.717, 1.165) is 25.2 Å². The molecule has 0 spiro atoms. The van der Waals surface area contributed by atoms with E-state index in [4.69, 9.17) is 0 Å². The van der Waals surface area contributed by atoms with Crippen molar-refractivity contribution >= 4 is 10.1 Å². The van der Waals surface area contributed by atoms with E-state index in [9.17, 15) is 13.0 Å². The fourth-order valence-corrected chi connectivity index (χ4v) is 2.26. The summed E-state index contributed by atoms with van der Waals surface area (Å²) in [6.45, 7) is 4.40. The van der Waals surface area contributed by atoms with Crippen molar-refractivity contribution in [3.63, 3.8) is 0 Å². The molecule has 4 nitrogen and oxygen atoms in total. The van der Waals surface area contributed by atoms with Gasteiger partial charge in [-0.25, -0.2) is 13.4 Å². The Kier molecular flexibility index (Phi) is 11.3. The Morgan fingerprint density at radius 2 is 1.50 bits per heavy atom. The maximum Gasteiger partial charge on any atom is 0.166 e. The minimum atomic E-state index is -3.98. The summed E-state index contributed by atoms with van der Waals surface area (Å²) in [4.78, 5) is 2.89. The number of rotatable bonds is 8. The van der Waals surface area contributed by atoms with Gasteiger partial charge in [0.15, 0.2) is 12.4 Å². The number of hydrogen-bond donors (Lipinski definition) is 0.